The molecule has 0 aliphatic heterocycles. The molecule has 1 aromatic rings. The lowest BCUT2D eigenvalue weighted by atomic mass is 10.1. The number of nitrogens with one attached hydrogen (secondary N) is 1. The number of methoxy groups -OCH3 is 1. The molecule has 0 aliphatic carbocycles. The van der Waals surface area contributed by atoms with E-state index in [9.17, 15) is 4.79 Å². The van der Waals surface area contributed by atoms with Gasteiger partial charge in [-0.05, 0) is 35.0 Å². The van der Waals surface area contributed by atoms with Crippen LogP contribution >= 0.6 is 15.9 Å². The zero-order chi connectivity index (χ0) is 14.3. The summed E-state index contributed by atoms with van der Waals surface area (Å²) in [7, 11) is 1.47. The van der Waals surface area contributed by atoms with Crippen LogP contribution in [0.5, 0.6) is 5.75 Å². The van der Waals surface area contributed by atoms with Crippen molar-refractivity contribution in [1.29, 1.82) is 5.26 Å². The number of carbonyl (C=O) groups excluding carboxylic acids is 1. The Morgan fingerprint density at radius 1 is 1.53 bits per heavy atom. The minimum atomic E-state index is -1.05. The lowest BCUT2D eigenvalue weighted by Crippen LogP contribution is -2.49. The van der Waals surface area contributed by atoms with Crippen molar-refractivity contribution in [2.75, 3.05) is 20.3 Å². The number of rotatable bonds is 6. The first-order chi connectivity index (χ1) is 9.00. The Morgan fingerprint density at radius 2 is 2.21 bits per heavy atom. The normalized spacial score (nSPS) is 13.2. The van der Waals surface area contributed by atoms with Gasteiger partial charge in [-0.3, -0.25) is 4.79 Å². The van der Waals surface area contributed by atoms with E-state index in [1.54, 1.807) is 13.0 Å². The molecule has 0 aromatic heterocycles. The van der Waals surface area contributed by atoms with Crippen LogP contribution in [0.4, 0.5) is 0 Å². The van der Waals surface area contributed by atoms with Crippen LogP contribution in [0.3, 0.4) is 0 Å². The summed E-state index contributed by atoms with van der Waals surface area (Å²) in [4.78, 5) is 11.7. The second-order valence-electron chi connectivity index (χ2n) is 4.14. The molecule has 0 bridgehead atoms. The fourth-order valence-corrected chi connectivity index (χ4v) is 1.83. The van der Waals surface area contributed by atoms with E-state index in [2.05, 4.69) is 21.2 Å². The first kappa shape index (κ1) is 15.5. The van der Waals surface area contributed by atoms with Crippen molar-refractivity contribution in [1.82, 2.24) is 5.32 Å². The molecule has 19 heavy (non-hydrogen) atoms. The average Bonchev–Trinajstić information content (AvgIpc) is 2.38. The van der Waals surface area contributed by atoms with Crippen LogP contribution in [0.25, 0.3) is 0 Å². The number of amides is 1. The summed E-state index contributed by atoms with van der Waals surface area (Å²) in [5.74, 6) is 0.194. The van der Waals surface area contributed by atoms with Gasteiger partial charge in [0.05, 0.1) is 17.1 Å². The van der Waals surface area contributed by atoms with E-state index >= 15 is 0 Å². The number of carbonyl (C=O) groups is 1. The Hall–Kier alpha value is -1.58. The number of benzene rings is 1. The predicted molar refractivity (Wildman–Crippen MR) is 73.7 cm³/mol. The quantitative estimate of drug-likeness (QED) is 0.866. The summed E-state index contributed by atoms with van der Waals surface area (Å²) < 4.78 is 11.0. The molecule has 0 saturated heterocycles. The van der Waals surface area contributed by atoms with Crippen LogP contribution in [-0.2, 0) is 9.53 Å². The molecule has 1 N–H and O–H groups in total. The van der Waals surface area contributed by atoms with Gasteiger partial charge in [0.2, 0.25) is 0 Å². The second-order valence-corrected chi connectivity index (χ2v) is 5.00. The zero-order valence-corrected chi connectivity index (χ0v) is 12.4. The predicted octanol–water partition coefficient (Wildman–Crippen LogP) is 1.87. The van der Waals surface area contributed by atoms with Crippen LogP contribution in [0, 0.1) is 11.3 Å². The van der Waals surface area contributed by atoms with E-state index in [-0.39, 0.29) is 19.1 Å². The van der Waals surface area contributed by atoms with E-state index < -0.39 is 5.54 Å². The molecular weight excluding hydrogens is 312 g/mol. The van der Waals surface area contributed by atoms with Gasteiger partial charge in [-0.15, -0.1) is 0 Å². The molecule has 6 heteroatoms. The lowest BCUT2D eigenvalue weighted by Gasteiger charge is -2.22. The maximum absolute atomic E-state index is 11.7. The molecule has 1 atom stereocenters. The van der Waals surface area contributed by atoms with E-state index in [4.69, 9.17) is 14.7 Å². The fourth-order valence-electron chi connectivity index (χ4n) is 1.43. The highest BCUT2D eigenvalue weighted by Crippen LogP contribution is 2.23. The number of halogens is 1. The largest absolute Gasteiger partial charge is 0.483 e. The van der Waals surface area contributed by atoms with Gasteiger partial charge in [0.25, 0.3) is 5.91 Å². The van der Waals surface area contributed by atoms with Gasteiger partial charge in [-0.25, -0.2) is 0 Å². The van der Waals surface area contributed by atoms with E-state index in [1.165, 1.54) is 7.11 Å². The van der Waals surface area contributed by atoms with Crippen LogP contribution in [-0.4, -0.2) is 31.8 Å². The molecule has 0 radical (unpaired) electrons. The highest BCUT2D eigenvalue weighted by Gasteiger charge is 2.26. The van der Waals surface area contributed by atoms with Crippen LogP contribution in [0.1, 0.15) is 6.92 Å². The standard InChI is InChI=1S/C13H15BrN2O3/c1-13(8-15,9-18-2)16-12(17)7-19-11-6-4-3-5-10(11)14/h3-6H,7,9H2,1-2H3,(H,16,17). The van der Waals surface area contributed by atoms with Crippen LogP contribution in [0.2, 0.25) is 0 Å². The van der Waals surface area contributed by atoms with Gasteiger partial charge < -0.3 is 14.8 Å². The Balaban J connectivity index is 2.53. The molecule has 0 spiro atoms. The molecule has 0 aliphatic rings. The van der Waals surface area contributed by atoms with Gasteiger partial charge in [-0.1, -0.05) is 12.1 Å². The summed E-state index contributed by atoms with van der Waals surface area (Å²) in [6.07, 6.45) is 0. The molecule has 102 valence electrons. The molecule has 1 rings (SSSR count). The molecule has 1 unspecified atom stereocenters. The molecule has 0 saturated carbocycles. The van der Waals surface area contributed by atoms with Crippen LogP contribution < -0.4 is 10.1 Å². The van der Waals surface area contributed by atoms with Gasteiger partial charge in [0, 0.05) is 7.11 Å². The number of para-hydroxylation sites is 1. The highest BCUT2D eigenvalue weighted by molar-refractivity contribution is 9.10. The number of hydrogen-bond donors (Lipinski definition) is 1. The third kappa shape index (κ3) is 4.89. The van der Waals surface area contributed by atoms with Gasteiger partial charge >= 0.3 is 0 Å². The SMILES string of the molecule is COCC(C)(C#N)NC(=O)COc1ccccc1Br. The Kier molecular flexibility index (Phi) is 5.80. The number of hydrogen-bond acceptors (Lipinski definition) is 4. The maximum Gasteiger partial charge on any atom is 0.259 e. The summed E-state index contributed by atoms with van der Waals surface area (Å²) >= 11 is 3.32. The lowest BCUT2D eigenvalue weighted by molar-refractivity contribution is -0.124. The van der Waals surface area contributed by atoms with Crippen molar-refractivity contribution >= 4 is 21.8 Å². The smallest absolute Gasteiger partial charge is 0.259 e. The van der Waals surface area contributed by atoms with Crippen molar-refractivity contribution in [2.24, 2.45) is 0 Å². The number of ether oxygens (including phenoxy) is 2. The molecular formula is C13H15BrN2O3. The average molecular weight is 327 g/mol. The van der Waals surface area contributed by atoms with Crippen molar-refractivity contribution in [3.8, 4) is 11.8 Å². The molecule has 0 heterocycles. The molecule has 1 amide bonds. The minimum absolute atomic E-state index is 0.115. The Morgan fingerprint density at radius 3 is 2.79 bits per heavy atom. The Bertz CT molecular complexity index is 487. The van der Waals surface area contributed by atoms with Crippen molar-refractivity contribution in [2.45, 2.75) is 12.5 Å². The van der Waals surface area contributed by atoms with E-state index in [0.717, 1.165) is 4.47 Å². The highest BCUT2D eigenvalue weighted by atomic mass is 79.9. The van der Waals surface area contributed by atoms with E-state index in [0.29, 0.717) is 5.75 Å². The van der Waals surface area contributed by atoms with Crippen molar-refractivity contribution in [3.63, 3.8) is 0 Å². The summed E-state index contributed by atoms with van der Waals surface area (Å²) in [6, 6.07) is 9.22. The Labute approximate surface area is 120 Å². The first-order valence-corrected chi connectivity index (χ1v) is 6.38. The summed E-state index contributed by atoms with van der Waals surface area (Å²) in [5, 5.41) is 11.6. The fraction of sp³-hybridized carbons (Fsp3) is 0.385. The summed E-state index contributed by atoms with van der Waals surface area (Å²) in [6.45, 7) is 1.54. The molecule has 5 nitrogen and oxygen atoms in total. The maximum atomic E-state index is 11.7. The van der Waals surface area contributed by atoms with Crippen molar-refractivity contribution in [3.05, 3.63) is 28.7 Å². The van der Waals surface area contributed by atoms with Gasteiger partial charge in [-0.2, -0.15) is 5.26 Å². The number of nitrogens with zero attached hydrogens (tertiary/aromatic N) is 1. The summed E-state index contributed by atoms with van der Waals surface area (Å²) in [5.41, 5.74) is -1.05. The second kappa shape index (κ2) is 7.12. The third-order valence-electron chi connectivity index (χ3n) is 2.29. The molecule has 1 aromatic carbocycles. The van der Waals surface area contributed by atoms with E-state index in [1.807, 2.05) is 24.3 Å². The van der Waals surface area contributed by atoms with Crippen molar-refractivity contribution < 1.29 is 14.3 Å². The topological polar surface area (TPSA) is 71.3 Å². The van der Waals surface area contributed by atoms with Crippen LogP contribution in [0.15, 0.2) is 28.7 Å². The van der Waals surface area contributed by atoms with Gasteiger partial charge in [0.1, 0.15) is 11.3 Å². The number of nitriles is 1. The van der Waals surface area contributed by atoms with Gasteiger partial charge in [0.15, 0.2) is 6.61 Å². The zero-order valence-electron chi connectivity index (χ0n) is 10.8. The first-order valence-electron chi connectivity index (χ1n) is 5.59. The monoisotopic (exact) mass is 326 g/mol. The molecule has 0 fully saturated rings. The minimum Gasteiger partial charge on any atom is -0.483 e. The third-order valence-corrected chi connectivity index (χ3v) is 2.95.